The second kappa shape index (κ2) is 7.16. The maximum absolute atomic E-state index is 12.4. The van der Waals surface area contributed by atoms with E-state index >= 15 is 0 Å². The molecule has 0 aliphatic rings. The third-order valence-corrected chi connectivity index (χ3v) is 3.63. The molecule has 1 atom stereocenters. The number of aromatic nitrogens is 2. The van der Waals surface area contributed by atoms with E-state index in [9.17, 15) is 9.59 Å². The highest BCUT2D eigenvalue weighted by Gasteiger charge is 2.16. The summed E-state index contributed by atoms with van der Waals surface area (Å²) in [6.45, 7) is 5.04. The number of aliphatic carboxylic acids is 1. The molecule has 1 aromatic heterocycles. The van der Waals surface area contributed by atoms with Crippen molar-refractivity contribution in [3.05, 3.63) is 46.8 Å². The van der Waals surface area contributed by atoms with Crippen LogP contribution in [0.1, 0.15) is 40.0 Å². The van der Waals surface area contributed by atoms with Crippen LogP contribution in [0.2, 0.25) is 0 Å². The van der Waals surface area contributed by atoms with Gasteiger partial charge in [-0.15, -0.1) is 0 Å². The molecule has 0 spiro atoms. The molecule has 7 nitrogen and oxygen atoms in total. The molecule has 0 radical (unpaired) electrons. The van der Waals surface area contributed by atoms with Crippen LogP contribution in [0.25, 0.3) is 0 Å². The quantitative estimate of drug-likeness (QED) is 0.844. The topological polar surface area (TPSA) is 93.5 Å². The molecule has 2 rings (SSSR count). The average Bonchev–Trinajstić information content (AvgIpc) is 2.92. The number of carbonyl (C=O) groups is 2. The highest BCUT2D eigenvalue weighted by Crippen LogP contribution is 2.25. The third-order valence-electron chi connectivity index (χ3n) is 3.63. The summed E-state index contributed by atoms with van der Waals surface area (Å²) in [5.41, 5.74) is 2.86. The minimum atomic E-state index is -1.04. The first-order valence-corrected chi connectivity index (χ1v) is 7.53. The van der Waals surface area contributed by atoms with Gasteiger partial charge in [0.05, 0.1) is 12.2 Å². The van der Waals surface area contributed by atoms with Crippen molar-refractivity contribution in [1.29, 1.82) is 0 Å². The minimum absolute atomic E-state index is 0.172. The van der Waals surface area contributed by atoms with Crippen molar-refractivity contribution in [2.75, 3.05) is 6.61 Å². The Hall–Kier alpha value is -2.83. The molecule has 1 unspecified atom stereocenters. The van der Waals surface area contributed by atoms with Gasteiger partial charge in [-0.25, -0.2) is 4.79 Å². The predicted octanol–water partition coefficient (Wildman–Crippen LogP) is 1.99. The van der Waals surface area contributed by atoms with Gasteiger partial charge in [-0.1, -0.05) is 0 Å². The molecular weight excluding hydrogens is 310 g/mol. The molecule has 24 heavy (non-hydrogen) atoms. The zero-order valence-corrected chi connectivity index (χ0v) is 14.2. The van der Waals surface area contributed by atoms with Crippen LogP contribution in [-0.2, 0) is 11.8 Å². The van der Waals surface area contributed by atoms with E-state index in [2.05, 4.69) is 10.4 Å². The van der Waals surface area contributed by atoms with Gasteiger partial charge in [0.25, 0.3) is 5.91 Å². The Bertz CT molecular complexity index is 744. The largest absolute Gasteiger partial charge is 0.481 e. The summed E-state index contributed by atoms with van der Waals surface area (Å²) in [5.74, 6) is -0.752. The Kier molecular flexibility index (Phi) is 5.23. The Morgan fingerprint density at radius 3 is 2.46 bits per heavy atom. The lowest BCUT2D eigenvalue weighted by Crippen LogP contribution is -2.26. The molecule has 1 amide bonds. The van der Waals surface area contributed by atoms with E-state index in [1.54, 1.807) is 36.9 Å². The number of aryl methyl sites for hydroxylation is 3. The molecule has 2 N–H and O–H groups in total. The summed E-state index contributed by atoms with van der Waals surface area (Å²) in [6, 6.07) is 3.21. The van der Waals surface area contributed by atoms with Crippen molar-refractivity contribution in [3.8, 4) is 5.75 Å². The first kappa shape index (κ1) is 17.5. The smallest absolute Gasteiger partial charge is 0.341 e. The van der Waals surface area contributed by atoms with Gasteiger partial charge in [0.2, 0.25) is 0 Å². The van der Waals surface area contributed by atoms with Gasteiger partial charge < -0.3 is 15.2 Å². The fourth-order valence-electron chi connectivity index (χ4n) is 2.47. The molecule has 0 aliphatic heterocycles. The van der Waals surface area contributed by atoms with E-state index in [0.29, 0.717) is 11.3 Å². The second-order valence-electron chi connectivity index (χ2n) is 5.76. The summed E-state index contributed by atoms with van der Waals surface area (Å²) < 4.78 is 6.96. The SMILES string of the molecule is Cc1cc(C(=O)NC(C)c2cnn(C)c2)cc(C)c1OCC(=O)O. The van der Waals surface area contributed by atoms with Crippen LogP contribution in [0.4, 0.5) is 0 Å². The van der Waals surface area contributed by atoms with Gasteiger partial charge in [0.1, 0.15) is 5.75 Å². The Morgan fingerprint density at radius 1 is 1.33 bits per heavy atom. The number of rotatable bonds is 6. The molecule has 0 aliphatic carbocycles. The van der Waals surface area contributed by atoms with Crippen LogP contribution >= 0.6 is 0 Å². The van der Waals surface area contributed by atoms with Gasteiger partial charge in [-0.3, -0.25) is 9.48 Å². The van der Waals surface area contributed by atoms with Crippen molar-refractivity contribution < 1.29 is 19.4 Å². The molecule has 7 heteroatoms. The first-order valence-electron chi connectivity index (χ1n) is 7.53. The van der Waals surface area contributed by atoms with Crippen LogP contribution in [0.3, 0.4) is 0 Å². The summed E-state index contributed by atoms with van der Waals surface area (Å²) in [4.78, 5) is 23.1. The molecule has 2 aromatic rings. The minimum Gasteiger partial charge on any atom is -0.481 e. The van der Waals surface area contributed by atoms with Gasteiger partial charge in [0.15, 0.2) is 6.61 Å². The summed E-state index contributed by atoms with van der Waals surface area (Å²) in [6.07, 6.45) is 3.56. The number of nitrogens with one attached hydrogen (secondary N) is 1. The van der Waals surface area contributed by atoms with Crippen molar-refractivity contribution in [2.45, 2.75) is 26.8 Å². The van der Waals surface area contributed by atoms with E-state index in [0.717, 1.165) is 16.7 Å². The predicted molar refractivity (Wildman–Crippen MR) is 88.1 cm³/mol. The Labute approximate surface area is 140 Å². The highest BCUT2D eigenvalue weighted by atomic mass is 16.5. The van der Waals surface area contributed by atoms with Gasteiger partial charge in [-0.2, -0.15) is 5.10 Å². The average molecular weight is 331 g/mol. The van der Waals surface area contributed by atoms with Crippen LogP contribution in [0.5, 0.6) is 5.75 Å². The molecule has 0 saturated heterocycles. The molecule has 128 valence electrons. The second-order valence-corrected chi connectivity index (χ2v) is 5.76. The number of carboxylic acid groups (broad SMARTS) is 1. The van der Waals surface area contributed by atoms with Crippen molar-refractivity contribution >= 4 is 11.9 Å². The molecular formula is C17H21N3O4. The number of hydrogen-bond donors (Lipinski definition) is 2. The fraction of sp³-hybridized carbons (Fsp3) is 0.353. The molecule has 1 aromatic carbocycles. The molecule has 0 bridgehead atoms. The summed E-state index contributed by atoms with van der Waals surface area (Å²) in [5, 5.41) is 15.7. The van der Waals surface area contributed by atoms with Gasteiger partial charge in [0, 0.05) is 24.4 Å². The normalized spacial score (nSPS) is 11.8. The number of benzene rings is 1. The van der Waals surface area contributed by atoms with E-state index in [1.807, 2.05) is 20.2 Å². The molecule has 1 heterocycles. The van der Waals surface area contributed by atoms with E-state index in [1.165, 1.54) is 0 Å². The number of ether oxygens (including phenoxy) is 1. The zero-order valence-electron chi connectivity index (χ0n) is 14.2. The van der Waals surface area contributed by atoms with E-state index in [4.69, 9.17) is 9.84 Å². The van der Waals surface area contributed by atoms with Crippen LogP contribution in [-0.4, -0.2) is 33.4 Å². The summed E-state index contributed by atoms with van der Waals surface area (Å²) in [7, 11) is 1.82. The molecule has 0 fully saturated rings. The fourth-order valence-corrected chi connectivity index (χ4v) is 2.47. The standard InChI is InChI=1S/C17H21N3O4/c1-10-5-13(6-11(2)16(10)24-9-15(21)22)17(23)19-12(3)14-7-18-20(4)8-14/h5-8,12H,9H2,1-4H3,(H,19,23)(H,21,22). The lowest BCUT2D eigenvalue weighted by molar-refractivity contribution is -0.139. The highest BCUT2D eigenvalue weighted by molar-refractivity contribution is 5.95. The van der Waals surface area contributed by atoms with E-state index < -0.39 is 12.6 Å². The molecule has 0 saturated carbocycles. The lowest BCUT2D eigenvalue weighted by Gasteiger charge is -2.15. The third kappa shape index (κ3) is 4.13. The van der Waals surface area contributed by atoms with Crippen LogP contribution in [0, 0.1) is 13.8 Å². The van der Waals surface area contributed by atoms with Crippen LogP contribution < -0.4 is 10.1 Å². The van der Waals surface area contributed by atoms with Crippen molar-refractivity contribution in [2.24, 2.45) is 7.05 Å². The number of carboxylic acids is 1. The summed E-state index contributed by atoms with van der Waals surface area (Å²) >= 11 is 0. The van der Waals surface area contributed by atoms with Gasteiger partial charge >= 0.3 is 5.97 Å². The number of hydrogen-bond acceptors (Lipinski definition) is 4. The lowest BCUT2D eigenvalue weighted by atomic mass is 10.0. The first-order chi connectivity index (χ1) is 11.3. The Morgan fingerprint density at radius 2 is 1.96 bits per heavy atom. The van der Waals surface area contributed by atoms with Crippen molar-refractivity contribution in [3.63, 3.8) is 0 Å². The Balaban J connectivity index is 2.13. The monoisotopic (exact) mass is 331 g/mol. The number of carbonyl (C=O) groups excluding carboxylic acids is 1. The van der Waals surface area contributed by atoms with Crippen molar-refractivity contribution in [1.82, 2.24) is 15.1 Å². The zero-order chi connectivity index (χ0) is 17.9. The van der Waals surface area contributed by atoms with E-state index in [-0.39, 0.29) is 11.9 Å². The number of nitrogens with zero attached hydrogens (tertiary/aromatic N) is 2. The van der Waals surface area contributed by atoms with Crippen LogP contribution in [0.15, 0.2) is 24.5 Å². The maximum Gasteiger partial charge on any atom is 0.341 e. The van der Waals surface area contributed by atoms with Gasteiger partial charge in [-0.05, 0) is 44.0 Å². The number of amides is 1. The maximum atomic E-state index is 12.4.